The summed E-state index contributed by atoms with van der Waals surface area (Å²) in [5.41, 5.74) is 2.53. The molecule has 2 rings (SSSR count). The van der Waals surface area contributed by atoms with Crippen molar-refractivity contribution in [2.45, 2.75) is 26.9 Å². The Morgan fingerprint density at radius 2 is 2.32 bits per heavy atom. The lowest BCUT2D eigenvalue weighted by Crippen LogP contribution is -1.92. The molecule has 19 heavy (non-hydrogen) atoms. The van der Waals surface area contributed by atoms with Gasteiger partial charge in [0.25, 0.3) is 0 Å². The average molecular weight is 300 g/mol. The fourth-order valence-electron chi connectivity index (χ4n) is 1.58. The Bertz CT molecular complexity index is 592. The van der Waals surface area contributed by atoms with E-state index >= 15 is 0 Å². The molecule has 0 aliphatic carbocycles. The van der Waals surface area contributed by atoms with Crippen molar-refractivity contribution >= 4 is 29.3 Å². The Labute approximate surface area is 120 Å². The van der Waals surface area contributed by atoms with Crippen LogP contribution in [0, 0.1) is 6.92 Å². The highest BCUT2D eigenvalue weighted by molar-refractivity contribution is 7.05. The molecular weight excluding hydrogens is 286 g/mol. The third kappa shape index (κ3) is 3.10. The van der Waals surface area contributed by atoms with Gasteiger partial charge in [0.2, 0.25) is 0 Å². The molecule has 0 radical (unpaired) electrons. The molecule has 2 heterocycles. The SMILES string of the molecule is CCc1nnsc1CO/N=C/c1c(C)nn(C)c1Cl. The second-order valence-electron chi connectivity index (χ2n) is 3.92. The van der Waals surface area contributed by atoms with Gasteiger partial charge in [0, 0.05) is 7.05 Å². The maximum Gasteiger partial charge on any atom is 0.154 e. The monoisotopic (exact) mass is 299 g/mol. The van der Waals surface area contributed by atoms with Crippen molar-refractivity contribution in [3.8, 4) is 0 Å². The van der Waals surface area contributed by atoms with Crippen LogP contribution in [0.4, 0.5) is 0 Å². The van der Waals surface area contributed by atoms with Gasteiger partial charge in [-0.1, -0.05) is 28.2 Å². The minimum absolute atomic E-state index is 0.369. The van der Waals surface area contributed by atoms with Gasteiger partial charge in [0.05, 0.1) is 28.0 Å². The van der Waals surface area contributed by atoms with Crippen molar-refractivity contribution in [3.63, 3.8) is 0 Å². The van der Waals surface area contributed by atoms with Gasteiger partial charge in [0.1, 0.15) is 5.15 Å². The van der Waals surface area contributed by atoms with E-state index < -0.39 is 0 Å². The zero-order chi connectivity index (χ0) is 13.8. The summed E-state index contributed by atoms with van der Waals surface area (Å²) < 4.78 is 5.48. The lowest BCUT2D eigenvalue weighted by atomic mass is 10.3. The molecule has 8 heteroatoms. The summed E-state index contributed by atoms with van der Waals surface area (Å²) in [7, 11) is 1.78. The summed E-state index contributed by atoms with van der Waals surface area (Å²) in [4.78, 5) is 6.24. The zero-order valence-electron chi connectivity index (χ0n) is 10.9. The van der Waals surface area contributed by atoms with Gasteiger partial charge < -0.3 is 4.84 Å². The van der Waals surface area contributed by atoms with Crippen molar-refractivity contribution in [2.24, 2.45) is 12.2 Å². The molecule has 6 nitrogen and oxygen atoms in total. The predicted octanol–water partition coefficient (Wildman–Crippen LogP) is 2.35. The summed E-state index contributed by atoms with van der Waals surface area (Å²) in [6, 6.07) is 0. The van der Waals surface area contributed by atoms with Crippen molar-refractivity contribution < 1.29 is 4.84 Å². The van der Waals surface area contributed by atoms with Crippen molar-refractivity contribution in [2.75, 3.05) is 0 Å². The van der Waals surface area contributed by atoms with Crippen LogP contribution in [0.1, 0.15) is 28.8 Å². The molecule has 0 saturated heterocycles. The van der Waals surface area contributed by atoms with E-state index in [9.17, 15) is 0 Å². The van der Waals surface area contributed by atoms with Crippen molar-refractivity contribution in [1.29, 1.82) is 0 Å². The number of hydrogen-bond donors (Lipinski definition) is 0. The van der Waals surface area contributed by atoms with E-state index in [1.54, 1.807) is 17.9 Å². The highest BCUT2D eigenvalue weighted by Crippen LogP contribution is 2.16. The van der Waals surface area contributed by atoms with E-state index in [0.717, 1.165) is 28.2 Å². The molecule has 0 aliphatic heterocycles. The fourth-order valence-corrected chi connectivity index (χ4v) is 2.44. The average Bonchev–Trinajstić information content (AvgIpc) is 2.93. The van der Waals surface area contributed by atoms with Crippen LogP contribution in [0.5, 0.6) is 0 Å². The minimum atomic E-state index is 0.369. The summed E-state index contributed by atoms with van der Waals surface area (Å²) in [6.07, 6.45) is 2.41. The largest absolute Gasteiger partial charge is 0.390 e. The summed E-state index contributed by atoms with van der Waals surface area (Å²) in [5, 5.41) is 12.6. The lowest BCUT2D eigenvalue weighted by Gasteiger charge is -1.97. The molecule has 0 aliphatic rings. The van der Waals surface area contributed by atoms with E-state index in [2.05, 4.69) is 19.8 Å². The number of rotatable bonds is 5. The van der Waals surface area contributed by atoms with Crippen LogP contribution >= 0.6 is 23.1 Å². The molecular formula is C11H14ClN5OS. The standard InChI is InChI=1S/C11H14ClN5OS/c1-4-9-10(19-16-14-9)6-18-13-5-8-7(2)15-17(3)11(8)12/h5H,4,6H2,1-3H3/b13-5+. The number of oxime groups is 1. The number of halogens is 1. The summed E-state index contributed by atoms with van der Waals surface area (Å²) in [5.74, 6) is 0. The van der Waals surface area contributed by atoms with Crippen LogP contribution in [0.15, 0.2) is 5.16 Å². The first-order chi connectivity index (χ1) is 9.13. The van der Waals surface area contributed by atoms with Crippen molar-refractivity contribution in [3.05, 3.63) is 27.0 Å². The highest BCUT2D eigenvalue weighted by atomic mass is 35.5. The topological polar surface area (TPSA) is 65.2 Å². The molecule has 0 amide bonds. The Kier molecular flexibility index (Phi) is 4.49. The molecule has 0 fully saturated rings. The van der Waals surface area contributed by atoms with Crippen molar-refractivity contribution in [1.82, 2.24) is 19.4 Å². The van der Waals surface area contributed by atoms with Gasteiger partial charge >= 0.3 is 0 Å². The van der Waals surface area contributed by atoms with Gasteiger partial charge in [-0.3, -0.25) is 4.68 Å². The molecule has 0 atom stereocenters. The van der Waals surface area contributed by atoms with Crippen LogP contribution < -0.4 is 0 Å². The molecule has 0 bridgehead atoms. The number of aromatic nitrogens is 4. The maximum atomic E-state index is 6.08. The van der Waals surface area contributed by atoms with Gasteiger partial charge in [-0.15, -0.1) is 5.10 Å². The fraction of sp³-hybridized carbons (Fsp3) is 0.455. The van der Waals surface area contributed by atoms with Gasteiger partial charge in [-0.25, -0.2) is 0 Å². The van der Waals surface area contributed by atoms with Crippen LogP contribution in [0.25, 0.3) is 0 Å². The second kappa shape index (κ2) is 6.12. The lowest BCUT2D eigenvalue weighted by molar-refractivity contribution is 0.133. The smallest absolute Gasteiger partial charge is 0.154 e. The van der Waals surface area contributed by atoms with Crippen LogP contribution in [0.2, 0.25) is 5.15 Å². The molecule has 0 unspecified atom stereocenters. The van der Waals surface area contributed by atoms with E-state index in [-0.39, 0.29) is 0 Å². The first-order valence-corrected chi connectivity index (χ1v) is 6.93. The Morgan fingerprint density at radius 1 is 1.53 bits per heavy atom. The second-order valence-corrected chi connectivity index (χ2v) is 5.11. The highest BCUT2D eigenvalue weighted by Gasteiger charge is 2.09. The van der Waals surface area contributed by atoms with Gasteiger partial charge in [0.15, 0.2) is 6.61 Å². The van der Waals surface area contributed by atoms with Crippen LogP contribution in [-0.2, 0) is 24.9 Å². The minimum Gasteiger partial charge on any atom is -0.390 e. The van der Waals surface area contributed by atoms with Gasteiger partial charge in [-0.05, 0) is 24.9 Å². The number of aryl methyl sites for hydroxylation is 3. The van der Waals surface area contributed by atoms with E-state index in [4.69, 9.17) is 16.4 Å². The first-order valence-electron chi connectivity index (χ1n) is 5.78. The quantitative estimate of drug-likeness (QED) is 0.628. The number of hydrogen-bond acceptors (Lipinski definition) is 6. The normalized spacial score (nSPS) is 11.4. The Hall–Kier alpha value is -1.47. The van der Waals surface area contributed by atoms with Gasteiger partial charge in [-0.2, -0.15) is 5.10 Å². The summed E-state index contributed by atoms with van der Waals surface area (Å²) >= 11 is 7.40. The molecule has 2 aromatic rings. The number of nitrogens with zero attached hydrogens (tertiary/aromatic N) is 5. The third-order valence-corrected chi connectivity index (χ3v) is 3.80. The predicted molar refractivity (Wildman–Crippen MR) is 74.6 cm³/mol. The van der Waals surface area contributed by atoms with E-state index in [1.807, 2.05) is 13.8 Å². The molecule has 102 valence electrons. The first kappa shape index (κ1) is 14.0. The molecule has 0 spiro atoms. The Balaban J connectivity index is 1.97. The molecule has 0 saturated carbocycles. The zero-order valence-corrected chi connectivity index (χ0v) is 12.5. The van der Waals surface area contributed by atoms with E-state index in [0.29, 0.717) is 11.8 Å². The maximum absolute atomic E-state index is 6.08. The summed E-state index contributed by atoms with van der Waals surface area (Å²) in [6.45, 7) is 4.27. The van der Waals surface area contributed by atoms with Crippen LogP contribution in [0.3, 0.4) is 0 Å². The van der Waals surface area contributed by atoms with E-state index in [1.165, 1.54) is 11.5 Å². The third-order valence-electron chi connectivity index (χ3n) is 2.62. The molecule has 0 aromatic carbocycles. The molecule has 2 aromatic heterocycles. The van der Waals surface area contributed by atoms with Crippen LogP contribution in [-0.4, -0.2) is 25.6 Å². The molecule has 0 N–H and O–H groups in total. The Morgan fingerprint density at radius 3 is 2.95 bits per heavy atom.